The first-order valence-electron chi connectivity index (χ1n) is 4.69. The van der Waals surface area contributed by atoms with Gasteiger partial charge in [-0.1, -0.05) is 12.1 Å². The maximum atomic E-state index is 5.23. The molecule has 0 atom stereocenters. The lowest BCUT2D eigenvalue weighted by Crippen LogP contribution is -1.96. The van der Waals surface area contributed by atoms with Crippen molar-refractivity contribution >= 4 is 11.5 Å². The molecule has 15 heavy (non-hydrogen) atoms. The van der Waals surface area contributed by atoms with Crippen molar-refractivity contribution in [2.75, 3.05) is 12.4 Å². The van der Waals surface area contributed by atoms with Gasteiger partial charge in [-0.15, -0.1) is 0 Å². The van der Waals surface area contributed by atoms with Gasteiger partial charge in [-0.3, -0.25) is 4.68 Å². The second-order valence-electron chi connectivity index (χ2n) is 3.20. The molecule has 0 saturated carbocycles. The molecule has 0 amide bonds. The van der Waals surface area contributed by atoms with Crippen molar-refractivity contribution < 1.29 is 4.74 Å². The summed E-state index contributed by atoms with van der Waals surface area (Å²) in [5.41, 5.74) is 0.915. The molecule has 1 aromatic heterocycles. The van der Waals surface area contributed by atoms with Gasteiger partial charge in [-0.2, -0.15) is 5.10 Å². The van der Waals surface area contributed by atoms with Gasteiger partial charge in [0.05, 0.1) is 12.8 Å². The lowest BCUT2D eigenvalue weighted by Gasteiger charge is -2.08. The molecule has 1 N–H and O–H groups in total. The molecule has 0 aliphatic carbocycles. The topological polar surface area (TPSA) is 39.1 Å². The number of ether oxygens (including phenoxy) is 1. The zero-order valence-electron chi connectivity index (χ0n) is 8.77. The third-order valence-electron chi connectivity index (χ3n) is 2.08. The molecule has 4 nitrogen and oxygen atoms in total. The van der Waals surface area contributed by atoms with Crippen LogP contribution in [0, 0.1) is 0 Å². The molecular formula is C11H13N3O. The predicted molar refractivity (Wildman–Crippen MR) is 59.5 cm³/mol. The van der Waals surface area contributed by atoms with E-state index in [9.17, 15) is 0 Å². The van der Waals surface area contributed by atoms with Crippen LogP contribution >= 0.6 is 0 Å². The molecule has 0 aliphatic rings. The maximum Gasteiger partial charge on any atom is 0.152 e. The first-order chi connectivity index (χ1) is 7.29. The number of para-hydroxylation sites is 2. The van der Waals surface area contributed by atoms with Crippen LogP contribution in [0.25, 0.3) is 0 Å². The molecule has 1 aromatic carbocycles. The summed E-state index contributed by atoms with van der Waals surface area (Å²) in [6.45, 7) is 0. The fourth-order valence-corrected chi connectivity index (χ4v) is 1.37. The van der Waals surface area contributed by atoms with Crippen molar-refractivity contribution in [2.45, 2.75) is 0 Å². The van der Waals surface area contributed by atoms with Crippen molar-refractivity contribution in [1.82, 2.24) is 9.78 Å². The summed E-state index contributed by atoms with van der Waals surface area (Å²) in [4.78, 5) is 0. The molecule has 1 heterocycles. The smallest absolute Gasteiger partial charge is 0.152 e. The molecule has 2 rings (SSSR count). The summed E-state index contributed by atoms with van der Waals surface area (Å²) in [6.07, 6.45) is 1.89. The lowest BCUT2D eigenvalue weighted by molar-refractivity contribution is 0.417. The van der Waals surface area contributed by atoms with Crippen LogP contribution in [0.15, 0.2) is 36.5 Å². The van der Waals surface area contributed by atoms with E-state index >= 15 is 0 Å². The number of anilines is 2. The number of benzene rings is 1. The molecule has 2 aromatic rings. The van der Waals surface area contributed by atoms with Gasteiger partial charge in [0.15, 0.2) is 5.82 Å². The van der Waals surface area contributed by atoms with Gasteiger partial charge in [-0.25, -0.2) is 0 Å². The number of nitrogens with one attached hydrogen (secondary N) is 1. The third-order valence-corrected chi connectivity index (χ3v) is 2.08. The van der Waals surface area contributed by atoms with E-state index in [0.717, 1.165) is 17.3 Å². The van der Waals surface area contributed by atoms with Gasteiger partial charge in [0.2, 0.25) is 0 Å². The summed E-state index contributed by atoms with van der Waals surface area (Å²) >= 11 is 0. The van der Waals surface area contributed by atoms with Crippen LogP contribution in [0.1, 0.15) is 0 Å². The van der Waals surface area contributed by atoms with E-state index in [1.165, 1.54) is 0 Å². The Bertz CT molecular complexity index is 451. The molecule has 0 spiro atoms. The summed E-state index contributed by atoms with van der Waals surface area (Å²) in [7, 11) is 3.53. The van der Waals surface area contributed by atoms with Crippen LogP contribution in [-0.2, 0) is 7.05 Å². The van der Waals surface area contributed by atoms with Gasteiger partial charge >= 0.3 is 0 Å². The summed E-state index contributed by atoms with van der Waals surface area (Å²) in [5, 5.41) is 7.42. The molecule has 78 valence electrons. The first-order valence-corrected chi connectivity index (χ1v) is 4.69. The van der Waals surface area contributed by atoms with E-state index in [2.05, 4.69) is 10.4 Å². The molecule has 0 saturated heterocycles. The van der Waals surface area contributed by atoms with Crippen molar-refractivity contribution in [3.8, 4) is 5.75 Å². The van der Waals surface area contributed by atoms with Gasteiger partial charge in [0.25, 0.3) is 0 Å². The van der Waals surface area contributed by atoms with Crippen LogP contribution in [0.3, 0.4) is 0 Å². The highest BCUT2D eigenvalue weighted by Gasteiger charge is 2.02. The van der Waals surface area contributed by atoms with Crippen molar-refractivity contribution in [1.29, 1.82) is 0 Å². The average molecular weight is 203 g/mol. The van der Waals surface area contributed by atoms with Crippen LogP contribution in [0.5, 0.6) is 5.75 Å². The minimum Gasteiger partial charge on any atom is -0.495 e. The fraction of sp³-hybridized carbons (Fsp3) is 0.182. The summed E-state index contributed by atoms with van der Waals surface area (Å²) in [5.74, 6) is 1.62. The summed E-state index contributed by atoms with van der Waals surface area (Å²) < 4.78 is 6.98. The quantitative estimate of drug-likeness (QED) is 0.831. The Morgan fingerprint density at radius 1 is 1.27 bits per heavy atom. The monoisotopic (exact) mass is 203 g/mol. The van der Waals surface area contributed by atoms with E-state index in [-0.39, 0.29) is 0 Å². The minimum atomic E-state index is 0.807. The standard InChI is InChI=1S/C11H13N3O/c1-14-8-7-11(13-14)12-9-5-3-4-6-10(9)15-2/h3-8H,1-2H3,(H,12,13). The van der Waals surface area contributed by atoms with E-state index < -0.39 is 0 Å². The highest BCUT2D eigenvalue weighted by Crippen LogP contribution is 2.25. The molecule has 0 unspecified atom stereocenters. The number of rotatable bonds is 3. The Morgan fingerprint density at radius 3 is 2.73 bits per heavy atom. The Labute approximate surface area is 88.5 Å². The van der Waals surface area contributed by atoms with E-state index in [1.54, 1.807) is 11.8 Å². The molecular weight excluding hydrogens is 190 g/mol. The van der Waals surface area contributed by atoms with Crippen LogP contribution < -0.4 is 10.1 Å². The fourth-order valence-electron chi connectivity index (χ4n) is 1.37. The molecule has 4 heteroatoms. The Morgan fingerprint density at radius 2 is 2.07 bits per heavy atom. The molecule has 0 radical (unpaired) electrons. The van der Waals surface area contributed by atoms with Crippen LogP contribution in [-0.4, -0.2) is 16.9 Å². The number of methoxy groups -OCH3 is 1. The zero-order chi connectivity index (χ0) is 10.7. The van der Waals surface area contributed by atoms with Crippen molar-refractivity contribution in [2.24, 2.45) is 7.05 Å². The highest BCUT2D eigenvalue weighted by atomic mass is 16.5. The Kier molecular flexibility index (Phi) is 2.58. The lowest BCUT2D eigenvalue weighted by atomic mass is 10.3. The van der Waals surface area contributed by atoms with Gasteiger partial charge in [0.1, 0.15) is 5.75 Å². The Hall–Kier alpha value is -1.97. The number of aryl methyl sites for hydroxylation is 1. The number of hydrogen-bond acceptors (Lipinski definition) is 3. The normalized spacial score (nSPS) is 10.0. The van der Waals surface area contributed by atoms with E-state index in [4.69, 9.17) is 4.74 Å². The predicted octanol–water partition coefficient (Wildman–Crippen LogP) is 2.17. The number of aromatic nitrogens is 2. The summed E-state index contributed by atoms with van der Waals surface area (Å²) in [6, 6.07) is 9.65. The number of nitrogens with zero attached hydrogens (tertiary/aromatic N) is 2. The van der Waals surface area contributed by atoms with Gasteiger partial charge in [0, 0.05) is 19.3 Å². The van der Waals surface area contributed by atoms with E-state index in [0.29, 0.717) is 0 Å². The second-order valence-corrected chi connectivity index (χ2v) is 3.20. The van der Waals surface area contributed by atoms with Gasteiger partial charge < -0.3 is 10.1 Å². The highest BCUT2D eigenvalue weighted by molar-refractivity contribution is 5.63. The first kappa shape index (κ1) is 9.58. The van der Waals surface area contributed by atoms with Crippen molar-refractivity contribution in [3.05, 3.63) is 36.5 Å². The molecule has 0 fully saturated rings. The zero-order valence-corrected chi connectivity index (χ0v) is 8.77. The number of hydrogen-bond donors (Lipinski definition) is 1. The average Bonchev–Trinajstić information content (AvgIpc) is 2.65. The van der Waals surface area contributed by atoms with E-state index in [1.807, 2.05) is 43.6 Å². The minimum absolute atomic E-state index is 0.807. The maximum absolute atomic E-state index is 5.23. The SMILES string of the molecule is COc1ccccc1Nc1ccn(C)n1. The van der Waals surface area contributed by atoms with Gasteiger partial charge in [-0.05, 0) is 12.1 Å². The van der Waals surface area contributed by atoms with Crippen molar-refractivity contribution in [3.63, 3.8) is 0 Å². The van der Waals surface area contributed by atoms with Crippen LogP contribution in [0.2, 0.25) is 0 Å². The second kappa shape index (κ2) is 4.04. The molecule has 0 bridgehead atoms. The largest absolute Gasteiger partial charge is 0.495 e. The molecule has 0 aliphatic heterocycles. The van der Waals surface area contributed by atoms with Crippen LogP contribution in [0.4, 0.5) is 11.5 Å². The third kappa shape index (κ3) is 2.10. The Balaban J connectivity index is 2.23.